The molecule has 0 spiro atoms. The molecule has 12 nitrogen and oxygen atoms in total. The van der Waals surface area contributed by atoms with E-state index in [2.05, 4.69) is 25.6 Å². The van der Waals surface area contributed by atoms with Crippen LogP contribution in [0.3, 0.4) is 0 Å². The maximum atomic E-state index is 13.7. The topological polar surface area (TPSA) is 132 Å². The SMILES string of the molecule is Cc1ccc(-c2nnn(CC(=O)N(CCN3CCOCC3)[C@H](C(=O)NC3CCCC3)c3ccco3)n2)o1. The summed E-state index contributed by atoms with van der Waals surface area (Å²) in [5, 5.41) is 15.5. The van der Waals surface area contributed by atoms with Crippen LogP contribution in [-0.2, 0) is 20.9 Å². The third kappa shape index (κ3) is 6.25. The van der Waals surface area contributed by atoms with Crippen LogP contribution in [0.4, 0.5) is 0 Å². The molecule has 5 rings (SSSR count). The molecule has 12 heteroatoms. The van der Waals surface area contributed by atoms with Gasteiger partial charge in [-0.1, -0.05) is 12.8 Å². The summed E-state index contributed by atoms with van der Waals surface area (Å²) in [6, 6.07) is 6.24. The van der Waals surface area contributed by atoms with Crippen LogP contribution in [-0.4, -0.2) is 87.3 Å². The highest BCUT2D eigenvalue weighted by molar-refractivity contribution is 5.88. The number of amides is 2. The van der Waals surface area contributed by atoms with E-state index in [1.165, 1.54) is 11.1 Å². The van der Waals surface area contributed by atoms with E-state index in [0.29, 0.717) is 43.6 Å². The molecular weight excluding hydrogens is 478 g/mol. The summed E-state index contributed by atoms with van der Waals surface area (Å²) in [5.74, 6) is 1.37. The molecule has 1 saturated heterocycles. The Morgan fingerprint density at radius 1 is 1.19 bits per heavy atom. The van der Waals surface area contributed by atoms with Crippen LogP contribution in [0.2, 0.25) is 0 Å². The third-order valence-corrected chi connectivity index (χ3v) is 6.85. The fourth-order valence-corrected chi connectivity index (χ4v) is 4.87. The van der Waals surface area contributed by atoms with Crippen molar-refractivity contribution in [1.82, 2.24) is 35.3 Å². The van der Waals surface area contributed by atoms with E-state index in [4.69, 9.17) is 13.6 Å². The Balaban J connectivity index is 1.37. The molecule has 198 valence electrons. The largest absolute Gasteiger partial charge is 0.467 e. The Kier molecular flexibility index (Phi) is 7.95. The second kappa shape index (κ2) is 11.7. The van der Waals surface area contributed by atoms with Crippen LogP contribution in [0.1, 0.15) is 43.2 Å². The van der Waals surface area contributed by atoms with Gasteiger partial charge in [0.25, 0.3) is 5.91 Å². The minimum Gasteiger partial charge on any atom is -0.467 e. The summed E-state index contributed by atoms with van der Waals surface area (Å²) >= 11 is 0. The van der Waals surface area contributed by atoms with Crippen molar-refractivity contribution in [1.29, 1.82) is 0 Å². The van der Waals surface area contributed by atoms with Gasteiger partial charge >= 0.3 is 0 Å². The van der Waals surface area contributed by atoms with E-state index in [1.807, 2.05) is 13.0 Å². The molecule has 1 atom stereocenters. The molecule has 2 fully saturated rings. The molecule has 4 heterocycles. The standard InChI is InChI=1S/C25H33N7O5/c1-18-8-9-21(37-18)24-27-29-32(28-24)17-22(33)31(11-10-30-12-15-35-16-13-30)23(20-7-4-14-36-20)25(34)26-19-5-2-3-6-19/h4,7-9,14,19,23H,2-3,5-6,10-13,15-17H2,1H3,(H,26,34)/t23-/m0/s1. The fourth-order valence-electron chi connectivity index (χ4n) is 4.87. The Hall–Kier alpha value is -3.51. The molecule has 1 N–H and O–H groups in total. The molecular formula is C25H33N7O5. The van der Waals surface area contributed by atoms with Crippen LogP contribution in [0.15, 0.2) is 39.4 Å². The smallest absolute Gasteiger partial charge is 0.250 e. The predicted octanol–water partition coefficient (Wildman–Crippen LogP) is 1.80. The third-order valence-electron chi connectivity index (χ3n) is 6.85. The van der Waals surface area contributed by atoms with Crippen molar-refractivity contribution in [3.05, 3.63) is 42.0 Å². The number of ether oxygens (including phenoxy) is 1. The van der Waals surface area contributed by atoms with E-state index in [9.17, 15) is 9.59 Å². The average Bonchev–Trinajstić information content (AvgIpc) is 3.71. The zero-order chi connectivity index (χ0) is 25.6. The lowest BCUT2D eigenvalue weighted by atomic mass is 10.1. The number of carbonyl (C=O) groups is 2. The Bertz CT molecular complexity index is 1160. The molecule has 3 aromatic rings. The van der Waals surface area contributed by atoms with E-state index in [0.717, 1.165) is 44.5 Å². The molecule has 1 aliphatic carbocycles. The second-order valence-electron chi connectivity index (χ2n) is 9.50. The maximum absolute atomic E-state index is 13.7. The van der Waals surface area contributed by atoms with Crippen LogP contribution in [0.25, 0.3) is 11.6 Å². The van der Waals surface area contributed by atoms with Gasteiger partial charge in [-0.3, -0.25) is 14.5 Å². The van der Waals surface area contributed by atoms with Gasteiger partial charge in [-0.2, -0.15) is 4.80 Å². The van der Waals surface area contributed by atoms with E-state index < -0.39 is 6.04 Å². The first-order chi connectivity index (χ1) is 18.1. The molecule has 0 bridgehead atoms. The number of tetrazole rings is 1. The fraction of sp³-hybridized carbons (Fsp3) is 0.560. The van der Waals surface area contributed by atoms with E-state index in [-0.39, 0.29) is 24.4 Å². The van der Waals surface area contributed by atoms with Crippen molar-refractivity contribution < 1.29 is 23.2 Å². The molecule has 0 unspecified atom stereocenters. The minimum atomic E-state index is -0.903. The van der Waals surface area contributed by atoms with E-state index in [1.54, 1.807) is 23.1 Å². The molecule has 2 amide bonds. The van der Waals surface area contributed by atoms with Gasteiger partial charge in [-0.15, -0.1) is 10.2 Å². The Labute approximate surface area is 214 Å². The number of nitrogens with zero attached hydrogens (tertiary/aromatic N) is 6. The zero-order valence-electron chi connectivity index (χ0n) is 21.0. The van der Waals surface area contributed by atoms with Crippen molar-refractivity contribution in [2.24, 2.45) is 0 Å². The molecule has 0 radical (unpaired) electrons. The van der Waals surface area contributed by atoms with Crippen LogP contribution in [0.5, 0.6) is 0 Å². The Morgan fingerprint density at radius 3 is 2.70 bits per heavy atom. The van der Waals surface area contributed by atoms with Gasteiger partial charge in [-0.25, -0.2) is 0 Å². The normalized spacial score (nSPS) is 17.6. The molecule has 0 aromatic carbocycles. The van der Waals surface area contributed by atoms with Crippen molar-refractivity contribution >= 4 is 11.8 Å². The highest BCUT2D eigenvalue weighted by atomic mass is 16.5. The Morgan fingerprint density at radius 2 is 2.00 bits per heavy atom. The van der Waals surface area contributed by atoms with Gasteiger partial charge in [-0.05, 0) is 49.2 Å². The molecule has 1 saturated carbocycles. The van der Waals surface area contributed by atoms with Crippen molar-refractivity contribution in [2.45, 2.75) is 51.2 Å². The zero-order valence-corrected chi connectivity index (χ0v) is 21.0. The molecule has 37 heavy (non-hydrogen) atoms. The van der Waals surface area contributed by atoms with Crippen LogP contribution in [0, 0.1) is 6.92 Å². The van der Waals surface area contributed by atoms with Crippen molar-refractivity contribution in [3.63, 3.8) is 0 Å². The highest BCUT2D eigenvalue weighted by Crippen LogP contribution is 2.25. The minimum absolute atomic E-state index is 0.109. The number of aromatic nitrogens is 4. The number of nitrogens with one attached hydrogen (secondary N) is 1. The van der Waals surface area contributed by atoms with Gasteiger partial charge in [0.15, 0.2) is 11.8 Å². The maximum Gasteiger partial charge on any atom is 0.250 e. The number of rotatable bonds is 10. The quantitative estimate of drug-likeness (QED) is 0.433. The number of morpholine rings is 1. The number of hydrogen-bond donors (Lipinski definition) is 1. The summed E-state index contributed by atoms with van der Waals surface area (Å²) in [6.07, 6.45) is 5.58. The summed E-state index contributed by atoms with van der Waals surface area (Å²) in [6.45, 7) is 5.44. The van der Waals surface area contributed by atoms with Gasteiger partial charge in [0.2, 0.25) is 11.7 Å². The first-order valence-corrected chi connectivity index (χ1v) is 12.8. The second-order valence-corrected chi connectivity index (χ2v) is 9.50. The first kappa shape index (κ1) is 25.2. The number of hydrogen-bond acceptors (Lipinski definition) is 9. The summed E-state index contributed by atoms with van der Waals surface area (Å²) in [5.41, 5.74) is 0. The summed E-state index contributed by atoms with van der Waals surface area (Å²) < 4.78 is 16.7. The van der Waals surface area contributed by atoms with Crippen molar-refractivity contribution in [3.8, 4) is 11.6 Å². The van der Waals surface area contributed by atoms with E-state index >= 15 is 0 Å². The lowest BCUT2D eigenvalue weighted by molar-refractivity contribution is -0.143. The highest BCUT2D eigenvalue weighted by Gasteiger charge is 2.35. The van der Waals surface area contributed by atoms with Crippen LogP contribution < -0.4 is 5.32 Å². The van der Waals surface area contributed by atoms with Crippen molar-refractivity contribution in [2.75, 3.05) is 39.4 Å². The van der Waals surface area contributed by atoms with Gasteiger partial charge < -0.3 is 23.8 Å². The number of carbonyl (C=O) groups excluding carboxylic acids is 2. The molecule has 3 aromatic heterocycles. The number of aryl methyl sites for hydroxylation is 1. The van der Waals surface area contributed by atoms with Gasteiger partial charge in [0, 0.05) is 32.2 Å². The van der Waals surface area contributed by atoms with Crippen LogP contribution >= 0.6 is 0 Å². The molecule has 2 aliphatic rings. The summed E-state index contributed by atoms with van der Waals surface area (Å²) in [4.78, 5) is 32.3. The lowest BCUT2D eigenvalue weighted by Crippen LogP contribution is -2.50. The lowest BCUT2D eigenvalue weighted by Gasteiger charge is -2.33. The molecule has 1 aliphatic heterocycles. The predicted molar refractivity (Wildman–Crippen MR) is 131 cm³/mol. The van der Waals surface area contributed by atoms with Gasteiger partial charge in [0.05, 0.1) is 19.5 Å². The number of furan rings is 2. The first-order valence-electron chi connectivity index (χ1n) is 12.8. The average molecular weight is 512 g/mol. The summed E-state index contributed by atoms with van der Waals surface area (Å²) in [7, 11) is 0. The van der Waals surface area contributed by atoms with Gasteiger partial charge in [0.1, 0.15) is 18.1 Å². The monoisotopic (exact) mass is 511 g/mol.